The molecule has 3 N–H and O–H groups in total. The Balaban J connectivity index is 2.98. The van der Waals surface area contributed by atoms with Crippen molar-refractivity contribution in [1.29, 1.82) is 0 Å². The van der Waals surface area contributed by atoms with Crippen LogP contribution in [0.2, 0.25) is 0 Å². The molecule has 6 heteroatoms. The van der Waals surface area contributed by atoms with Crippen LogP contribution in [0.15, 0.2) is 18.2 Å². The van der Waals surface area contributed by atoms with Crippen LogP contribution in [0.25, 0.3) is 0 Å². The molecule has 1 aromatic rings. The van der Waals surface area contributed by atoms with Crippen molar-refractivity contribution in [2.45, 2.75) is 39.3 Å². The van der Waals surface area contributed by atoms with Gasteiger partial charge in [0.25, 0.3) is 0 Å². The van der Waals surface area contributed by atoms with E-state index in [2.05, 4.69) is 5.32 Å². The number of carbonyl (C=O) groups excluding carboxylic acids is 2. The number of nitrogens with two attached hydrogens (primary N) is 1. The van der Waals surface area contributed by atoms with Crippen molar-refractivity contribution in [1.82, 2.24) is 0 Å². The Kier molecular flexibility index (Phi) is 5.32. The average Bonchev–Trinajstić information content (AvgIpc) is 2.35. The Hall–Kier alpha value is -2.08. The summed E-state index contributed by atoms with van der Waals surface area (Å²) in [6.07, 6.45) is -0.591. The van der Waals surface area contributed by atoms with Gasteiger partial charge in [-0.2, -0.15) is 0 Å². The second-order valence-corrected chi connectivity index (χ2v) is 5.69. The van der Waals surface area contributed by atoms with Crippen molar-refractivity contribution < 1.29 is 19.1 Å². The Morgan fingerprint density at radius 3 is 2.38 bits per heavy atom. The molecule has 21 heavy (non-hydrogen) atoms. The molecule has 0 aromatic heterocycles. The lowest BCUT2D eigenvalue weighted by atomic mass is 10.0. The van der Waals surface area contributed by atoms with Gasteiger partial charge in [0.2, 0.25) is 0 Å². The maximum absolute atomic E-state index is 12.0. The van der Waals surface area contributed by atoms with Crippen LogP contribution in [-0.2, 0) is 4.74 Å². The molecule has 1 aromatic carbocycles. The second kappa shape index (κ2) is 6.58. The van der Waals surface area contributed by atoms with Crippen LogP contribution in [-0.4, -0.2) is 30.6 Å². The standard InChI is InChI=1S/C15H22N2O4/c1-9(16)13(18)11-8-10(6-7-12(11)20-5)17-14(19)21-15(2,3)4/h6-9H,16H2,1-5H3,(H,17,19). The molecule has 0 radical (unpaired) electrons. The summed E-state index contributed by atoms with van der Waals surface area (Å²) in [6.45, 7) is 6.90. The van der Waals surface area contributed by atoms with Crippen molar-refractivity contribution in [3.05, 3.63) is 23.8 Å². The highest BCUT2D eigenvalue weighted by atomic mass is 16.6. The molecule has 0 aliphatic heterocycles. The van der Waals surface area contributed by atoms with Crippen LogP contribution in [0.1, 0.15) is 38.1 Å². The summed E-state index contributed by atoms with van der Waals surface area (Å²) < 4.78 is 10.3. The molecule has 0 aliphatic carbocycles. The van der Waals surface area contributed by atoms with E-state index in [9.17, 15) is 9.59 Å². The average molecular weight is 294 g/mol. The van der Waals surface area contributed by atoms with Crippen molar-refractivity contribution in [3.8, 4) is 5.75 Å². The topological polar surface area (TPSA) is 90.6 Å². The van der Waals surface area contributed by atoms with E-state index < -0.39 is 17.7 Å². The predicted molar refractivity (Wildman–Crippen MR) is 80.8 cm³/mol. The first-order valence-electron chi connectivity index (χ1n) is 6.62. The van der Waals surface area contributed by atoms with Gasteiger partial charge in [-0.15, -0.1) is 0 Å². The molecule has 0 bridgehead atoms. The summed E-state index contributed by atoms with van der Waals surface area (Å²) in [4.78, 5) is 23.8. The first-order chi connectivity index (χ1) is 9.64. The number of anilines is 1. The third-order valence-corrected chi connectivity index (χ3v) is 2.52. The van der Waals surface area contributed by atoms with Crippen molar-refractivity contribution in [2.24, 2.45) is 5.73 Å². The summed E-state index contributed by atoms with van der Waals surface area (Å²) in [5.74, 6) is 0.145. The van der Waals surface area contributed by atoms with Gasteiger partial charge in [0.1, 0.15) is 11.4 Å². The highest BCUT2D eigenvalue weighted by Crippen LogP contribution is 2.24. The van der Waals surface area contributed by atoms with E-state index in [1.807, 2.05) is 0 Å². The number of ether oxygens (including phenoxy) is 2. The molecular formula is C15H22N2O4. The maximum atomic E-state index is 12.0. The number of hydrogen-bond acceptors (Lipinski definition) is 5. The Labute approximate surface area is 124 Å². The van der Waals surface area contributed by atoms with Crippen molar-refractivity contribution >= 4 is 17.6 Å². The van der Waals surface area contributed by atoms with E-state index in [-0.39, 0.29) is 5.78 Å². The summed E-state index contributed by atoms with van der Waals surface area (Å²) in [7, 11) is 1.47. The molecule has 1 rings (SSSR count). The fourth-order valence-electron chi connectivity index (χ4n) is 1.65. The van der Waals surface area contributed by atoms with Crippen molar-refractivity contribution in [3.63, 3.8) is 0 Å². The number of nitrogens with one attached hydrogen (secondary N) is 1. The molecule has 1 unspecified atom stereocenters. The van der Waals surface area contributed by atoms with Crippen LogP contribution < -0.4 is 15.8 Å². The maximum Gasteiger partial charge on any atom is 0.412 e. The molecule has 116 valence electrons. The number of amides is 1. The zero-order valence-electron chi connectivity index (χ0n) is 13.0. The fourth-order valence-corrected chi connectivity index (χ4v) is 1.65. The number of benzene rings is 1. The SMILES string of the molecule is COc1ccc(NC(=O)OC(C)(C)C)cc1C(=O)C(C)N. The molecule has 0 saturated carbocycles. The van der Waals surface area contributed by atoms with Gasteiger partial charge in [-0.25, -0.2) is 4.79 Å². The Morgan fingerprint density at radius 1 is 1.29 bits per heavy atom. The summed E-state index contributed by atoms with van der Waals surface area (Å²) in [5.41, 5.74) is 5.77. The van der Waals surface area contributed by atoms with E-state index in [0.717, 1.165) is 0 Å². The molecule has 6 nitrogen and oxygen atoms in total. The Bertz CT molecular complexity index is 533. The van der Waals surface area contributed by atoms with Crippen LogP contribution in [0.5, 0.6) is 5.75 Å². The van der Waals surface area contributed by atoms with Gasteiger partial charge >= 0.3 is 6.09 Å². The lowest BCUT2D eigenvalue weighted by Gasteiger charge is -2.20. The molecule has 0 spiro atoms. The molecule has 0 fully saturated rings. The van der Waals surface area contributed by atoms with E-state index in [0.29, 0.717) is 17.0 Å². The van der Waals surface area contributed by atoms with Gasteiger partial charge in [-0.1, -0.05) is 0 Å². The van der Waals surface area contributed by atoms with Crippen LogP contribution >= 0.6 is 0 Å². The lowest BCUT2D eigenvalue weighted by Crippen LogP contribution is -2.28. The first kappa shape index (κ1) is 17.0. The van der Waals surface area contributed by atoms with Gasteiger partial charge in [0, 0.05) is 5.69 Å². The highest BCUT2D eigenvalue weighted by molar-refractivity contribution is 6.03. The summed E-state index contributed by atoms with van der Waals surface area (Å²) in [5, 5.41) is 2.57. The van der Waals surface area contributed by atoms with E-state index in [1.54, 1.807) is 39.8 Å². The minimum Gasteiger partial charge on any atom is -0.496 e. The smallest absolute Gasteiger partial charge is 0.412 e. The number of hydrogen-bond donors (Lipinski definition) is 2. The number of carbonyl (C=O) groups is 2. The number of rotatable bonds is 4. The van der Waals surface area contributed by atoms with Gasteiger partial charge < -0.3 is 15.2 Å². The van der Waals surface area contributed by atoms with Crippen LogP contribution in [0.3, 0.4) is 0 Å². The number of methoxy groups -OCH3 is 1. The minimum atomic E-state index is -0.657. The van der Waals surface area contributed by atoms with Crippen LogP contribution in [0.4, 0.5) is 10.5 Å². The minimum absolute atomic E-state index is 0.264. The summed E-state index contributed by atoms with van der Waals surface area (Å²) in [6, 6.07) is 4.09. The lowest BCUT2D eigenvalue weighted by molar-refractivity contribution is 0.0635. The quantitative estimate of drug-likeness (QED) is 0.833. The monoisotopic (exact) mass is 294 g/mol. The Morgan fingerprint density at radius 2 is 1.90 bits per heavy atom. The number of Topliss-reactive ketones (excluding diaryl/α,β-unsaturated/α-hetero) is 1. The highest BCUT2D eigenvalue weighted by Gasteiger charge is 2.19. The molecule has 0 saturated heterocycles. The van der Waals surface area contributed by atoms with Crippen LogP contribution in [0, 0.1) is 0 Å². The largest absolute Gasteiger partial charge is 0.496 e. The normalized spacial score (nSPS) is 12.5. The fraction of sp³-hybridized carbons (Fsp3) is 0.467. The van der Waals surface area contributed by atoms with Gasteiger partial charge in [-0.3, -0.25) is 10.1 Å². The molecule has 1 atom stereocenters. The van der Waals surface area contributed by atoms with Gasteiger partial charge in [0.15, 0.2) is 5.78 Å². The first-order valence-corrected chi connectivity index (χ1v) is 6.62. The third-order valence-electron chi connectivity index (χ3n) is 2.52. The van der Waals surface area contributed by atoms with Crippen molar-refractivity contribution in [2.75, 3.05) is 12.4 Å². The molecule has 0 aliphatic rings. The van der Waals surface area contributed by atoms with Gasteiger partial charge in [0.05, 0.1) is 18.7 Å². The molecular weight excluding hydrogens is 272 g/mol. The number of ketones is 1. The zero-order chi connectivity index (χ0) is 16.2. The zero-order valence-corrected chi connectivity index (χ0v) is 13.0. The van der Waals surface area contributed by atoms with E-state index >= 15 is 0 Å². The van der Waals surface area contributed by atoms with E-state index in [1.165, 1.54) is 13.2 Å². The van der Waals surface area contributed by atoms with Gasteiger partial charge in [-0.05, 0) is 45.9 Å². The predicted octanol–water partition coefficient (Wildman–Crippen LogP) is 2.57. The molecule has 1 amide bonds. The summed E-state index contributed by atoms with van der Waals surface area (Å²) >= 11 is 0. The van der Waals surface area contributed by atoms with E-state index in [4.69, 9.17) is 15.2 Å². The third kappa shape index (κ3) is 5.07. The second-order valence-electron chi connectivity index (χ2n) is 5.69. The molecule has 0 heterocycles.